The molecule has 1 amide bonds. The first-order valence-electron chi connectivity index (χ1n) is 8.93. The summed E-state index contributed by atoms with van der Waals surface area (Å²) in [5.74, 6) is 0.175. The normalized spacial score (nSPS) is 20.7. The Morgan fingerprint density at radius 2 is 2.15 bits per heavy atom. The van der Waals surface area contributed by atoms with Gasteiger partial charge in [0.15, 0.2) is 0 Å². The minimum atomic E-state index is -0.511. The van der Waals surface area contributed by atoms with Crippen LogP contribution in [0.3, 0.4) is 0 Å². The molecule has 3 heterocycles. The van der Waals surface area contributed by atoms with E-state index in [0.717, 1.165) is 37.1 Å². The van der Waals surface area contributed by atoms with Crippen molar-refractivity contribution in [2.75, 3.05) is 6.54 Å². The van der Waals surface area contributed by atoms with E-state index in [4.69, 9.17) is 5.73 Å². The van der Waals surface area contributed by atoms with Gasteiger partial charge in [-0.15, -0.1) is 0 Å². The molecule has 0 radical (unpaired) electrons. The molecule has 6 heteroatoms. The van der Waals surface area contributed by atoms with E-state index in [2.05, 4.69) is 51.0 Å². The van der Waals surface area contributed by atoms with E-state index in [1.807, 2.05) is 13.1 Å². The molecular weight excluding hydrogens is 326 g/mol. The van der Waals surface area contributed by atoms with Crippen LogP contribution in [0.15, 0.2) is 36.5 Å². The van der Waals surface area contributed by atoms with Crippen molar-refractivity contribution in [3.05, 3.63) is 59.3 Å². The smallest absolute Gasteiger partial charge is 0.267 e. The standard InChI is InChI=1S/C20H23N5O/c1-13-10-17(18(21)26)24-19(23-13)20(2)7-3-9-25(20)12-14-4-5-16-15(11-14)6-8-22-16/h4-6,8,10-11,22H,3,7,9,12H2,1-2H3,(H2,21,26)/t20-/m0/s1. The lowest BCUT2D eigenvalue weighted by Crippen LogP contribution is -2.40. The van der Waals surface area contributed by atoms with Gasteiger partial charge in [0.05, 0.1) is 5.54 Å². The molecule has 1 saturated heterocycles. The van der Waals surface area contributed by atoms with E-state index >= 15 is 0 Å². The van der Waals surface area contributed by atoms with Gasteiger partial charge in [-0.3, -0.25) is 9.69 Å². The van der Waals surface area contributed by atoms with Crippen LogP contribution in [0.2, 0.25) is 0 Å². The Labute approximate surface area is 152 Å². The molecular formula is C20H23N5O. The quantitative estimate of drug-likeness (QED) is 0.758. The minimum absolute atomic E-state index is 0.286. The predicted molar refractivity (Wildman–Crippen MR) is 101 cm³/mol. The largest absolute Gasteiger partial charge is 0.364 e. The van der Waals surface area contributed by atoms with Crippen LogP contribution in [-0.2, 0) is 12.1 Å². The first kappa shape index (κ1) is 16.7. The van der Waals surface area contributed by atoms with Gasteiger partial charge in [-0.1, -0.05) is 6.07 Å². The first-order valence-corrected chi connectivity index (χ1v) is 8.93. The van der Waals surface area contributed by atoms with E-state index < -0.39 is 5.91 Å². The Morgan fingerprint density at radius 1 is 1.31 bits per heavy atom. The van der Waals surface area contributed by atoms with E-state index in [1.165, 1.54) is 10.9 Å². The second-order valence-electron chi connectivity index (χ2n) is 7.28. The number of H-pyrrole nitrogens is 1. The molecule has 0 spiro atoms. The molecule has 26 heavy (non-hydrogen) atoms. The van der Waals surface area contributed by atoms with Crippen LogP contribution < -0.4 is 5.73 Å². The number of likely N-dealkylation sites (tertiary alicyclic amines) is 1. The summed E-state index contributed by atoms with van der Waals surface area (Å²) in [6.45, 7) is 5.83. The van der Waals surface area contributed by atoms with Crippen molar-refractivity contribution in [1.29, 1.82) is 0 Å². The average Bonchev–Trinajstić information content (AvgIpc) is 3.21. The molecule has 6 nitrogen and oxygen atoms in total. The Balaban J connectivity index is 1.67. The summed E-state index contributed by atoms with van der Waals surface area (Å²) in [7, 11) is 0. The van der Waals surface area contributed by atoms with Crippen LogP contribution >= 0.6 is 0 Å². The highest BCUT2D eigenvalue weighted by atomic mass is 16.1. The van der Waals surface area contributed by atoms with Gasteiger partial charge in [-0.25, -0.2) is 9.97 Å². The maximum Gasteiger partial charge on any atom is 0.267 e. The summed E-state index contributed by atoms with van der Waals surface area (Å²) >= 11 is 0. The molecule has 0 bridgehead atoms. The fourth-order valence-electron chi connectivity index (χ4n) is 3.88. The van der Waals surface area contributed by atoms with Gasteiger partial charge >= 0.3 is 0 Å². The second kappa shape index (κ2) is 6.21. The molecule has 1 aliphatic heterocycles. The number of fused-ring (bicyclic) bond motifs is 1. The number of primary amides is 1. The van der Waals surface area contributed by atoms with Crippen molar-refractivity contribution in [3.8, 4) is 0 Å². The Morgan fingerprint density at radius 3 is 2.96 bits per heavy atom. The molecule has 4 rings (SSSR count). The van der Waals surface area contributed by atoms with Crippen molar-refractivity contribution < 1.29 is 4.79 Å². The van der Waals surface area contributed by atoms with Crippen molar-refractivity contribution in [3.63, 3.8) is 0 Å². The van der Waals surface area contributed by atoms with Gasteiger partial charge < -0.3 is 10.7 Å². The number of carbonyl (C=O) groups is 1. The van der Waals surface area contributed by atoms with Crippen LogP contribution in [0, 0.1) is 6.92 Å². The summed E-state index contributed by atoms with van der Waals surface area (Å²) < 4.78 is 0. The van der Waals surface area contributed by atoms with Gasteiger partial charge in [0.2, 0.25) is 0 Å². The van der Waals surface area contributed by atoms with Crippen LogP contribution in [0.25, 0.3) is 10.9 Å². The summed E-state index contributed by atoms with van der Waals surface area (Å²) in [5.41, 5.74) is 8.60. The van der Waals surface area contributed by atoms with E-state index in [9.17, 15) is 4.79 Å². The van der Waals surface area contributed by atoms with Gasteiger partial charge in [0.25, 0.3) is 5.91 Å². The van der Waals surface area contributed by atoms with Gasteiger partial charge in [-0.2, -0.15) is 0 Å². The molecule has 0 saturated carbocycles. The number of benzene rings is 1. The fourth-order valence-corrected chi connectivity index (χ4v) is 3.88. The predicted octanol–water partition coefficient (Wildman–Crippen LogP) is 2.88. The number of hydrogen-bond donors (Lipinski definition) is 2. The zero-order valence-electron chi connectivity index (χ0n) is 15.1. The lowest BCUT2D eigenvalue weighted by molar-refractivity contribution is 0.0991. The van der Waals surface area contributed by atoms with E-state index in [-0.39, 0.29) is 11.2 Å². The van der Waals surface area contributed by atoms with Crippen molar-refractivity contribution in [2.24, 2.45) is 5.73 Å². The number of aromatic nitrogens is 3. The summed E-state index contributed by atoms with van der Waals surface area (Å²) in [6.07, 6.45) is 3.99. The third-order valence-electron chi connectivity index (χ3n) is 5.37. The Kier molecular flexibility index (Phi) is 4.00. The summed E-state index contributed by atoms with van der Waals surface area (Å²) in [6, 6.07) is 10.2. The highest BCUT2D eigenvalue weighted by Crippen LogP contribution is 2.38. The highest BCUT2D eigenvalue weighted by Gasteiger charge is 2.41. The number of aryl methyl sites for hydroxylation is 1. The first-order chi connectivity index (χ1) is 12.5. The molecule has 2 aromatic heterocycles. The number of aromatic amines is 1. The Hall–Kier alpha value is -2.73. The maximum atomic E-state index is 11.6. The molecule has 1 atom stereocenters. The highest BCUT2D eigenvalue weighted by molar-refractivity contribution is 5.90. The number of rotatable bonds is 4. The van der Waals surface area contributed by atoms with Crippen molar-refractivity contribution >= 4 is 16.8 Å². The summed E-state index contributed by atoms with van der Waals surface area (Å²) in [4.78, 5) is 26.4. The second-order valence-corrected chi connectivity index (χ2v) is 7.28. The number of nitrogens with one attached hydrogen (secondary N) is 1. The molecule has 134 valence electrons. The lowest BCUT2D eigenvalue weighted by Gasteiger charge is -2.34. The molecule has 3 N–H and O–H groups in total. The van der Waals surface area contributed by atoms with E-state index in [0.29, 0.717) is 5.82 Å². The molecule has 1 aliphatic rings. The average molecular weight is 349 g/mol. The zero-order valence-corrected chi connectivity index (χ0v) is 15.1. The van der Waals surface area contributed by atoms with E-state index in [1.54, 1.807) is 6.07 Å². The lowest BCUT2D eigenvalue weighted by atomic mass is 9.96. The van der Waals surface area contributed by atoms with Crippen molar-refractivity contribution in [1.82, 2.24) is 19.9 Å². The fraction of sp³-hybridized carbons (Fsp3) is 0.350. The van der Waals surface area contributed by atoms with Gasteiger partial charge in [0.1, 0.15) is 11.5 Å². The van der Waals surface area contributed by atoms with Gasteiger partial charge in [-0.05, 0) is 68.4 Å². The number of nitrogens with two attached hydrogens (primary N) is 1. The van der Waals surface area contributed by atoms with Crippen LogP contribution in [0.1, 0.15) is 47.3 Å². The maximum absolute atomic E-state index is 11.6. The molecule has 0 unspecified atom stereocenters. The topological polar surface area (TPSA) is 87.9 Å². The molecule has 1 fully saturated rings. The van der Waals surface area contributed by atoms with Crippen LogP contribution in [0.5, 0.6) is 0 Å². The number of nitrogens with zero attached hydrogens (tertiary/aromatic N) is 3. The molecule has 0 aliphatic carbocycles. The molecule has 1 aromatic carbocycles. The number of amides is 1. The monoisotopic (exact) mass is 349 g/mol. The minimum Gasteiger partial charge on any atom is -0.364 e. The number of hydrogen-bond acceptors (Lipinski definition) is 4. The summed E-state index contributed by atoms with van der Waals surface area (Å²) in [5, 5.41) is 1.21. The SMILES string of the molecule is Cc1cc(C(N)=O)nc([C@]2(C)CCCN2Cc2ccc3[nH]ccc3c2)n1. The number of carbonyl (C=O) groups excluding carboxylic acids is 1. The zero-order chi connectivity index (χ0) is 18.3. The molecule has 3 aromatic rings. The Bertz CT molecular complexity index is 979. The third-order valence-corrected chi connectivity index (χ3v) is 5.37. The third kappa shape index (κ3) is 2.86. The van der Waals surface area contributed by atoms with Gasteiger partial charge in [0, 0.05) is 24.0 Å². The van der Waals surface area contributed by atoms with Crippen molar-refractivity contribution in [2.45, 2.75) is 38.8 Å². The van der Waals surface area contributed by atoms with Crippen LogP contribution in [-0.4, -0.2) is 32.3 Å². The van der Waals surface area contributed by atoms with Crippen LogP contribution in [0.4, 0.5) is 0 Å².